The minimum atomic E-state index is -0.659. The molecule has 1 heterocycles. The molecule has 0 radical (unpaired) electrons. The van der Waals surface area contributed by atoms with Crippen LogP contribution in [0.15, 0.2) is 30.3 Å². The molecule has 3 aromatic rings. The zero-order valence-electron chi connectivity index (χ0n) is 15.6. The fourth-order valence-corrected chi connectivity index (χ4v) is 3.29. The van der Waals surface area contributed by atoms with Crippen molar-refractivity contribution >= 4 is 40.1 Å². The smallest absolute Gasteiger partial charge is 0.343 e. The van der Waals surface area contributed by atoms with Gasteiger partial charge in [-0.25, -0.2) is 9.78 Å². The van der Waals surface area contributed by atoms with Crippen molar-refractivity contribution in [3.05, 3.63) is 51.6 Å². The van der Waals surface area contributed by atoms with Gasteiger partial charge in [0.05, 0.1) is 36.9 Å². The molecule has 28 heavy (non-hydrogen) atoms. The Morgan fingerprint density at radius 2 is 1.54 bits per heavy atom. The van der Waals surface area contributed by atoms with E-state index in [2.05, 4.69) is 4.98 Å². The number of methoxy groups -OCH3 is 3. The van der Waals surface area contributed by atoms with E-state index in [-0.39, 0.29) is 16.3 Å². The second-order valence-corrected chi connectivity index (χ2v) is 6.64. The molecule has 0 aliphatic carbocycles. The lowest BCUT2D eigenvalue weighted by Crippen LogP contribution is -2.10. The Kier molecular flexibility index (Phi) is 5.82. The molecule has 0 aliphatic heterocycles. The Bertz CT molecular complexity index is 1040. The van der Waals surface area contributed by atoms with Crippen LogP contribution in [0.2, 0.25) is 10.0 Å². The SMILES string of the molecule is COc1cc(C(=O)Oc2c(Cl)cc(Cl)c3ccc(C)nc23)cc(OC)c1OC. The van der Waals surface area contributed by atoms with Crippen molar-refractivity contribution in [1.29, 1.82) is 0 Å². The average Bonchev–Trinajstić information content (AvgIpc) is 2.69. The number of fused-ring (bicyclic) bond motifs is 1. The summed E-state index contributed by atoms with van der Waals surface area (Å²) in [4.78, 5) is 17.2. The summed E-state index contributed by atoms with van der Waals surface area (Å²) in [5.74, 6) is 0.495. The van der Waals surface area contributed by atoms with Crippen LogP contribution in [0, 0.1) is 6.92 Å². The van der Waals surface area contributed by atoms with Crippen LogP contribution in [0.3, 0.4) is 0 Å². The summed E-state index contributed by atoms with van der Waals surface area (Å²) in [6.45, 7) is 1.82. The second-order valence-electron chi connectivity index (χ2n) is 5.82. The number of carbonyl (C=O) groups is 1. The number of aromatic nitrogens is 1. The molecule has 0 aliphatic rings. The highest BCUT2D eigenvalue weighted by atomic mass is 35.5. The number of halogens is 2. The lowest BCUT2D eigenvalue weighted by Gasteiger charge is -2.15. The number of ether oxygens (including phenoxy) is 4. The van der Waals surface area contributed by atoms with Crippen LogP contribution in [0.1, 0.15) is 16.1 Å². The van der Waals surface area contributed by atoms with Gasteiger partial charge in [0, 0.05) is 11.1 Å². The fraction of sp³-hybridized carbons (Fsp3) is 0.200. The van der Waals surface area contributed by atoms with Crippen molar-refractivity contribution < 1.29 is 23.7 Å². The maximum absolute atomic E-state index is 12.8. The molecular weight excluding hydrogens is 405 g/mol. The summed E-state index contributed by atoms with van der Waals surface area (Å²) in [5, 5.41) is 1.22. The first-order valence-electron chi connectivity index (χ1n) is 8.17. The van der Waals surface area contributed by atoms with Gasteiger partial charge in [0.15, 0.2) is 17.2 Å². The van der Waals surface area contributed by atoms with Crippen LogP contribution < -0.4 is 18.9 Å². The standard InChI is InChI=1S/C20H17Cl2NO5/c1-10-5-6-12-13(21)9-14(22)18(17(12)23-10)28-20(24)11-7-15(25-2)19(27-4)16(8-11)26-3/h5-9H,1-4H3. The van der Waals surface area contributed by atoms with E-state index >= 15 is 0 Å². The number of pyridine rings is 1. The van der Waals surface area contributed by atoms with Crippen molar-refractivity contribution in [3.63, 3.8) is 0 Å². The summed E-state index contributed by atoms with van der Waals surface area (Å²) < 4.78 is 21.4. The van der Waals surface area contributed by atoms with Gasteiger partial charge in [-0.2, -0.15) is 0 Å². The molecule has 0 amide bonds. The third-order valence-electron chi connectivity index (χ3n) is 4.07. The van der Waals surface area contributed by atoms with Crippen LogP contribution in [-0.4, -0.2) is 32.3 Å². The van der Waals surface area contributed by atoms with Crippen LogP contribution in [0.25, 0.3) is 10.9 Å². The van der Waals surface area contributed by atoms with E-state index in [1.54, 1.807) is 6.07 Å². The third kappa shape index (κ3) is 3.66. The number of rotatable bonds is 5. The van der Waals surface area contributed by atoms with E-state index in [1.807, 2.05) is 13.0 Å². The highest BCUT2D eigenvalue weighted by molar-refractivity contribution is 6.39. The van der Waals surface area contributed by atoms with E-state index in [9.17, 15) is 4.79 Å². The predicted octanol–water partition coefficient (Wildman–Crippen LogP) is 5.10. The summed E-state index contributed by atoms with van der Waals surface area (Å²) >= 11 is 12.5. The number of hydrogen-bond acceptors (Lipinski definition) is 6. The molecule has 0 spiro atoms. The molecule has 1 aromatic heterocycles. The monoisotopic (exact) mass is 421 g/mol. The van der Waals surface area contributed by atoms with Gasteiger partial charge < -0.3 is 18.9 Å². The Labute approximate surface area is 171 Å². The molecule has 0 fully saturated rings. The molecule has 6 nitrogen and oxygen atoms in total. The third-order valence-corrected chi connectivity index (χ3v) is 4.67. The lowest BCUT2D eigenvalue weighted by molar-refractivity contribution is 0.0736. The van der Waals surface area contributed by atoms with E-state index < -0.39 is 5.97 Å². The predicted molar refractivity (Wildman–Crippen MR) is 108 cm³/mol. The van der Waals surface area contributed by atoms with Gasteiger partial charge in [-0.15, -0.1) is 0 Å². The molecule has 0 atom stereocenters. The van der Waals surface area contributed by atoms with Gasteiger partial charge in [-0.05, 0) is 37.3 Å². The molecule has 2 aromatic carbocycles. The first-order valence-corrected chi connectivity index (χ1v) is 8.92. The fourth-order valence-electron chi connectivity index (χ4n) is 2.74. The molecular formula is C20H17Cl2NO5. The average molecular weight is 422 g/mol. The summed E-state index contributed by atoms with van der Waals surface area (Å²) in [5.41, 5.74) is 1.33. The maximum atomic E-state index is 12.8. The van der Waals surface area contributed by atoms with Crippen molar-refractivity contribution in [2.45, 2.75) is 6.92 Å². The first kappa shape index (κ1) is 20.0. The van der Waals surface area contributed by atoms with Gasteiger partial charge in [0.1, 0.15) is 5.52 Å². The number of carbonyl (C=O) groups excluding carboxylic acids is 1. The quantitative estimate of drug-likeness (QED) is 0.421. The molecule has 3 rings (SSSR count). The number of aryl methyl sites for hydroxylation is 1. The van der Waals surface area contributed by atoms with E-state index in [0.717, 1.165) is 5.69 Å². The highest BCUT2D eigenvalue weighted by Gasteiger charge is 2.21. The largest absolute Gasteiger partial charge is 0.493 e. The van der Waals surface area contributed by atoms with Crippen LogP contribution in [0.5, 0.6) is 23.0 Å². The van der Waals surface area contributed by atoms with Crippen molar-refractivity contribution in [2.75, 3.05) is 21.3 Å². The molecule has 146 valence electrons. The van der Waals surface area contributed by atoms with E-state index in [1.165, 1.54) is 39.5 Å². The molecule has 0 N–H and O–H groups in total. The number of benzene rings is 2. The normalized spacial score (nSPS) is 10.6. The van der Waals surface area contributed by atoms with Crippen molar-refractivity contribution in [2.24, 2.45) is 0 Å². The molecule has 0 saturated heterocycles. The first-order chi connectivity index (χ1) is 13.4. The summed E-state index contributed by atoms with van der Waals surface area (Å²) in [6.07, 6.45) is 0. The molecule has 8 heteroatoms. The minimum absolute atomic E-state index is 0.128. The van der Waals surface area contributed by atoms with Crippen molar-refractivity contribution in [1.82, 2.24) is 4.98 Å². The summed E-state index contributed by atoms with van der Waals surface area (Å²) in [6, 6.07) is 8.11. The van der Waals surface area contributed by atoms with Gasteiger partial charge >= 0.3 is 5.97 Å². The topological polar surface area (TPSA) is 66.9 Å². The van der Waals surface area contributed by atoms with Crippen LogP contribution in [-0.2, 0) is 0 Å². The highest BCUT2D eigenvalue weighted by Crippen LogP contribution is 2.40. The van der Waals surface area contributed by atoms with Gasteiger partial charge in [-0.3, -0.25) is 0 Å². The second kappa shape index (κ2) is 8.12. The molecule has 0 unspecified atom stereocenters. The number of hydrogen-bond donors (Lipinski definition) is 0. The Hall–Kier alpha value is -2.70. The van der Waals surface area contributed by atoms with E-state index in [0.29, 0.717) is 33.2 Å². The minimum Gasteiger partial charge on any atom is -0.493 e. The Balaban J connectivity index is 2.08. The summed E-state index contributed by atoms with van der Waals surface area (Å²) in [7, 11) is 4.40. The number of nitrogens with zero attached hydrogens (tertiary/aromatic N) is 1. The van der Waals surface area contributed by atoms with Gasteiger partial charge in [0.25, 0.3) is 0 Å². The Morgan fingerprint density at radius 3 is 2.11 bits per heavy atom. The van der Waals surface area contributed by atoms with E-state index in [4.69, 9.17) is 42.1 Å². The Morgan fingerprint density at radius 1 is 0.893 bits per heavy atom. The molecule has 0 bridgehead atoms. The zero-order valence-corrected chi connectivity index (χ0v) is 17.1. The lowest BCUT2D eigenvalue weighted by atomic mass is 10.1. The zero-order chi connectivity index (χ0) is 20.4. The van der Waals surface area contributed by atoms with Crippen molar-refractivity contribution in [3.8, 4) is 23.0 Å². The van der Waals surface area contributed by atoms with Gasteiger partial charge in [-0.1, -0.05) is 23.2 Å². The van der Waals surface area contributed by atoms with Crippen LogP contribution in [0.4, 0.5) is 0 Å². The van der Waals surface area contributed by atoms with Crippen LogP contribution >= 0.6 is 23.2 Å². The maximum Gasteiger partial charge on any atom is 0.343 e. The van der Waals surface area contributed by atoms with Gasteiger partial charge in [0.2, 0.25) is 5.75 Å². The number of esters is 1. The molecule has 0 saturated carbocycles.